The van der Waals surface area contributed by atoms with E-state index in [0.717, 1.165) is 30.4 Å². The number of para-hydroxylation sites is 1. The van der Waals surface area contributed by atoms with Crippen LogP contribution in [0.15, 0.2) is 28.7 Å². The van der Waals surface area contributed by atoms with E-state index in [1.54, 1.807) is 6.07 Å². The van der Waals surface area contributed by atoms with Crippen molar-refractivity contribution < 1.29 is 8.81 Å². The molecule has 1 aliphatic carbocycles. The maximum Gasteiger partial charge on any atom is 0.169 e. The normalized spacial score (nSPS) is 26.7. The van der Waals surface area contributed by atoms with Gasteiger partial charge in [-0.25, -0.2) is 4.39 Å². The van der Waals surface area contributed by atoms with Crippen molar-refractivity contribution in [3.05, 3.63) is 35.8 Å². The third kappa shape index (κ3) is 2.27. The van der Waals surface area contributed by atoms with Gasteiger partial charge in [-0.1, -0.05) is 26.0 Å². The Labute approximate surface area is 112 Å². The minimum absolute atomic E-state index is 0.108. The molecule has 1 fully saturated rings. The lowest BCUT2D eigenvalue weighted by Gasteiger charge is -2.38. The lowest BCUT2D eigenvalue weighted by atomic mass is 9.69. The summed E-state index contributed by atoms with van der Waals surface area (Å²) >= 11 is 0. The van der Waals surface area contributed by atoms with Crippen molar-refractivity contribution in [2.24, 2.45) is 11.1 Å². The summed E-state index contributed by atoms with van der Waals surface area (Å²) in [4.78, 5) is 0. The molecule has 2 unspecified atom stereocenters. The molecule has 1 aromatic carbocycles. The van der Waals surface area contributed by atoms with Crippen LogP contribution < -0.4 is 5.73 Å². The lowest BCUT2D eigenvalue weighted by molar-refractivity contribution is 0.185. The molecule has 2 atom stereocenters. The van der Waals surface area contributed by atoms with Crippen LogP contribution in [0.4, 0.5) is 4.39 Å². The minimum atomic E-state index is -0.299. The summed E-state index contributed by atoms with van der Waals surface area (Å²) in [5.74, 6) is 0.725. The van der Waals surface area contributed by atoms with Crippen LogP contribution in [-0.2, 0) is 0 Å². The van der Waals surface area contributed by atoms with Gasteiger partial charge in [-0.3, -0.25) is 0 Å². The van der Waals surface area contributed by atoms with E-state index in [1.165, 1.54) is 6.07 Å². The van der Waals surface area contributed by atoms with Gasteiger partial charge in [0.15, 0.2) is 11.4 Å². The van der Waals surface area contributed by atoms with Gasteiger partial charge >= 0.3 is 0 Å². The molecule has 1 saturated carbocycles. The fraction of sp³-hybridized carbons (Fsp3) is 0.500. The maximum absolute atomic E-state index is 13.7. The molecule has 2 N–H and O–H groups in total. The van der Waals surface area contributed by atoms with Crippen LogP contribution in [0.2, 0.25) is 0 Å². The zero-order chi connectivity index (χ0) is 13.6. The Morgan fingerprint density at radius 3 is 2.89 bits per heavy atom. The summed E-state index contributed by atoms with van der Waals surface area (Å²) in [7, 11) is 0. The van der Waals surface area contributed by atoms with Crippen molar-refractivity contribution in [3.8, 4) is 0 Å². The van der Waals surface area contributed by atoms with E-state index in [-0.39, 0.29) is 23.2 Å². The summed E-state index contributed by atoms with van der Waals surface area (Å²) in [6, 6.07) is 7.08. The van der Waals surface area contributed by atoms with Crippen LogP contribution in [0.5, 0.6) is 0 Å². The summed E-state index contributed by atoms with van der Waals surface area (Å²) in [6.07, 6.45) is 3.13. The molecule has 1 aromatic heterocycles. The second kappa shape index (κ2) is 4.34. The fourth-order valence-corrected chi connectivity index (χ4v) is 3.15. The molecule has 0 radical (unpaired) electrons. The van der Waals surface area contributed by atoms with E-state index < -0.39 is 0 Å². The smallest absolute Gasteiger partial charge is 0.169 e. The minimum Gasteiger partial charge on any atom is -0.458 e. The summed E-state index contributed by atoms with van der Waals surface area (Å²) in [5, 5.41) is 0.825. The molecular formula is C16H20FNO. The highest BCUT2D eigenvalue weighted by Crippen LogP contribution is 2.44. The molecule has 19 heavy (non-hydrogen) atoms. The molecule has 0 bridgehead atoms. The van der Waals surface area contributed by atoms with Gasteiger partial charge in [0, 0.05) is 17.3 Å². The predicted octanol–water partition coefficient (Wildman–Crippen LogP) is 4.19. The Bertz CT molecular complexity index is 602. The number of rotatable bonds is 1. The van der Waals surface area contributed by atoms with Gasteiger partial charge in [-0.05, 0) is 36.8 Å². The Kier molecular flexibility index (Phi) is 2.90. The van der Waals surface area contributed by atoms with Gasteiger partial charge < -0.3 is 10.2 Å². The van der Waals surface area contributed by atoms with Gasteiger partial charge in [0.05, 0.1) is 0 Å². The van der Waals surface area contributed by atoms with Crippen molar-refractivity contribution >= 4 is 11.0 Å². The van der Waals surface area contributed by atoms with Crippen LogP contribution in [0.25, 0.3) is 11.0 Å². The Balaban J connectivity index is 2.01. The highest BCUT2D eigenvalue weighted by Gasteiger charge is 2.35. The van der Waals surface area contributed by atoms with E-state index in [4.69, 9.17) is 10.2 Å². The first-order chi connectivity index (χ1) is 8.96. The van der Waals surface area contributed by atoms with E-state index in [0.29, 0.717) is 5.58 Å². The lowest BCUT2D eigenvalue weighted by Crippen LogP contribution is -2.37. The summed E-state index contributed by atoms with van der Waals surface area (Å²) in [5.41, 5.74) is 6.87. The average Bonchev–Trinajstić information content (AvgIpc) is 2.78. The Morgan fingerprint density at radius 2 is 2.16 bits per heavy atom. The van der Waals surface area contributed by atoms with Crippen LogP contribution in [-0.4, -0.2) is 6.04 Å². The Morgan fingerprint density at radius 1 is 1.37 bits per heavy atom. The van der Waals surface area contributed by atoms with E-state index in [1.807, 2.05) is 12.1 Å². The summed E-state index contributed by atoms with van der Waals surface area (Å²) in [6.45, 7) is 4.52. The molecule has 3 rings (SSSR count). The first kappa shape index (κ1) is 12.7. The zero-order valence-corrected chi connectivity index (χ0v) is 11.4. The third-order valence-electron chi connectivity index (χ3n) is 4.32. The van der Waals surface area contributed by atoms with E-state index >= 15 is 0 Å². The van der Waals surface area contributed by atoms with Crippen LogP contribution in [0, 0.1) is 11.2 Å². The number of hydrogen-bond donors (Lipinski definition) is 1. The van der Waals surface area contributed by atoms with Crippen molar-refractivity contribution in [1.29, 1.82) is 0 Å². The van der Waals surface area contributed by atoms with Crippen molar-refractivity contribution in [3.63, 3.8) is 0 Å². The number of hydrogen-bond acceptors (Lipinski definition) is 2. The van der Waals surface area contributed by atoms with Gasteiger partial charge in [0.2, 0.25) is 0 Å². The van der Waals surface area contributed by atoms with Gasteiger partial charge in [0.1, 0.15) is 5.76 Å². The molecule has 3 heteroatoms. The first-order valence-corrected chi connectivity index (χ1v) is 6.90. The molecule has 0 amide bonds. The zero-order valence-electron chi connectivity index (χ0n) is 11.4. The van der Waals surface area contributed by atoms with Gasteiger partial charge in [0.25, 0.3) is 0 Å². The second-order valence-corrected chi connectivity index (χ2v) is 6.48. The van der Waals surface area contributed by atoms with Crippen LogP contribution in [0.1, 0.15) is 44.8 Å². The molecule has 0 aliphatic heterocycles. The quantitative estimate of drug-likeness (QED) is 0.835. The monoisotopic (exact) mass is 261 g/mol. The predicted molar refractivity (Wildman–Crippen MR) is 74.5 cm³/mol. The number of benzene rings is 1. The second-order valence-electron chi connectivity index (χ2n) is 6.48. The number of fused-ring (bicyclic) bond motifs is 1. The topological polar surface area (TPSA) is 39.2 Å². The van der Waals surface area contributed by atoms with Crippen molar-refractivity contribution in [1.82, 2.24) is 0 Å². The van der Waals surface area contributed by atoms with Crippen molar-refractivity contribution in [2.75, 3.05) is 0 Å². The maximum atomic E-state index is 13.7. The molecule has 1 heterocycles. The van der Waals surface area contributed by atoms with Crippen LogP contribution in [0.3, 0.4) is 0 Å². The third-order valence-corrected chi connectivity index (χ3v) is 4.32. The molecule has 1 aliphatic rings. The SMILES string of the molecule is CC1(C)CCC(N)C(c2cc3cccc(F)c3o2)C1. The highest BCUT2D eigenvalue weighted by atomic mass is 19.1. The summed E-state index contributed by atoms with van der Waals surface area (Å²) < 4.78 is 19.4. The highest BCUT2D eigenvalue weighted by molar-refractivity contribution is 5.78. The average molecular weight is 261 g/mol. The fourth-order valence-electron chi connectivity index (χ4n) is 3.15. The number of furan rings is 1. The Hall–Kier alpha value is -1.35. The first-order valence-electron chi connectivity index (χ1n) is 6.90. The van der Waals surface area contributed by atoms with E-state index in [9.17, 15) is 4.39 Å². The molecule has 2 aromatic rings. The molecule has 102 valence electrons. The molecule has 2 nitrogen and oxygen atoms in total. The molecule has 0 saturated heterocycles. The van der Waals surface area contributed by atoms with Gasteiger partial charge in [-0.2, -0.15) is 0 Å². The van der Waals surface area contributed by atoms with E-state index in [2.05, 4.69) is 13.8 Å². The number of halogens is 1. The standard InChI is InChI=1S/C16H20FNO/c1-16(2)7-6-13(18)11(9-16)14-8-10-4-3-5-12(17)15(10)19-14/h3-5,8,11,13H,6-7,9,18H2,1-2H3. The largest absolute Gasteiger partial charge is 0.458 e. The van der Waals surface area contributed by atoms with Gasteiger partial charge in [-0.15, -0.1) is 0 Å². The molecule has 0 spiro atoms. The van der Waals surface area contributed by atoms with Crippen molar-refractivity contribution in [2.45, 2.75) is 45.1 Å². The van der Waals surface area contributed by atoms with Crippen LogP contribution >= 0.6 is 0 Å². The number of nitrogens with two attached hydrogens (primary N) is 1. The molecular weight excluding hydrogens is 241 g/mol.